The molecule has 0 unspecified atom stereocenters. The second kappa shape index (κ2) is 8.08. The first-order chi connectivity index (χ1) is 13.9. The lowest BCUT2D eigenvalue weighted by Crippen LogP contribution is -2.49. The van der Waals surface area contributed by atoms with Crippen LogP contribution in [-0.2, 0) is 9.31 Å². The number of urea groups is 1. The molecular weight excluding hydrogens is 411 g/mol. The number of nitrogens with one attached hydrogen (secondary N) is 2. The van der Waals surface area contributed by atoms with Crippen molar-refractivity contribution < 1.29 is 28.8 Å². The molecule has 1 atom stereocenters. The molecule has 0 aromatic carbocycles. The molecule has 2 saturated heterocycles. The van der Waals surface area contributed by atoms with Crippen molar-refractivity contribution in [2.24, 2.45) is 5.73 Å². The summed E-state index contributed by atoms with van der Waals surface area (Å²) in [4.78, 5) is 36.9. The molecule has 0 aliphatic carbocycles. The van der Waals surface area contributed by atoms with Crippen LogP contribution >= 0.6 is 11.3 Å². The van der Waals surface area contributed by atoms with Crippen LogP contribution in [0.4, 0.5) is 14.6 Å². The van der Waals surface area contributed by atoms with Gasteiger partial charge in [-0.05, 0) is 46.6 Å². The van der Waals surface area contributed by atoms with Crippen LogP contribution in [0.1, 0.15) is 50.9 Å². The third-order valence-corrected chi connectivity index (χ3v) is 6.82. The van der Waals surface area contributed by atoms with Crippen LogP contribution in [0.3, 0.4) is 0 Å². The number of thiophene rings is 1. The highest BCUT2D eigenvalue weighted by Gasteiger charge is 2.52. The predicted octanol–water partition coefficient (Wildman–Crippen LogP) is 1.41. The highest BCUT2D eigenvalue weighted by molar-refractivity contribution is 7.26. The van der Waals surface area contributed by atoms with Crippen LogP contribution < -0.4 is 21.1 Å². The second-order valence-electron chi connectivity index (χ2n) is 8.51. The van der Waals surface area contributed by atoms with E-state index in [4.69, 9.17) is 15.0 Å². The highest BCUT2D eigenvalue weighted by atomic mass is 32.1. The van der Waals surface area contributed by atoms with Gasteiger partial charge in [0.2, 0.25) is 0 Å². The summed E-state index contributed by atoms with van der Waals surface area (Å²) in [7, 11) is -0.688. The number of anilines is 1. The standard InChI is InChI=1S/C18H27BN4O6S/c1-17(2)18(3,4)29-19(28-17)12-8-11(14(30-12)22-15(20)25)13(24)21-10-6-5-7-23(9-10)16(26)27/h8,10H,5-7,9H2,1-4H3,(H,21,24)(H,26,27)(H3,20,22,25)/t10-/m0/s1. The van der Waals surface area contributed by atoms with Gasteiger partial charge >= 0.3 is 19.2 Å². The number of amides is 4. The number of nitrogens with zero attached hydrogens (tertiary/aromatic N) is 1. The minimum absolute atomic E-state index is 0.216. The minimum atomic E-state index is -1.01. The lowest BCUT2D eigenvalue weighted by molar-refractivity contribution is 0.00578. The molecular formula is C18H27BN4O6S. The Morgan fingerprint density at radius 3 is 2.47 bits per heavy atom. The zero-order valence-electron chi connectivity index (χ0n) is 17.5. The molecule has 2 aliphatic rings. The molecule has 0 bridgehead atoms. The maximum atomic E-state index is 12.9. The van der Waals surface area contributed by atoms with Gasteiger partial charge in [0.1, 0.15) is 5.00 Å². The fourth-order valence-corrected chi connectivity index (χ4v) is 4.41. The first-order valence-corrected chi connectivity index (χ1v) is 10.6. The van der Waals surface area contributed by atoms with Crippen molar-refractivity contribution in [1.29, 1.82) is 0 Å². The first-order valence-electron chi connectivity index (χ1n) is 9.74. The molecule has 0 saturated carbocycles. The van der Waals surface area contributed by atoms with Gasteiger partial charge in [-0.1, -0.05) is 0 Å². The van der Waals surface area contributed by atoms with Gasteiger partial charge in [-0.15, -0.1) is 11.3 Å². The molecule has 0 spiro atoms. The third kappa shape index (κ3) is 4.55. The summed E-state index contributed by atoms with van der Waals surface area (Å²) < 4.78 is 12.7. The van der Waals surface area contributed by atoms with E-state index in [2.05, 4.69) is 10.6 Å². The van der Waals surface area contributed by atoms with Crippen molar-refractivity contribution in [3.05, 3.63) is 11.6 Å². The highest BCUT2D eigenvalue weighted by Crippen LogP contribution is 2.37. The van der Waals surface area contributed by atoms with E-state index in [1.807, 2.05) is 27.7 Å². The molecule has 1 aromatic heterocycles. The van der Waals surface area contributed by atoms with Crippen molar-refractivity contribution in [2.75, 3.05) is 18.4 Å². The van der Waals surface area contributed by atoms with Crippen molar-refractivity contribution in [1.82, 2.24) is 10.2 Å². The number of carbonyl (C=O) groups is 3. The summed E-state index contributed by atoms with van der Waals surface area (Å²) in [5.74, 6) is -0.421. The van der Waals surface area contributed by atoms with E-state index in [1.165, 1.54) is 4.90 Å². The Labute approximate surface area is 179 Å². The van der Waals surface area contributed by atoms with Gasteiger partial charge in [0.15, 0.2) is 0 Å². The van der Waals surface area contributed by atoms with E-state index >= 15 is 0 Å². The lowest BCUT2D eigenvalue weighted by Gasteiger charge is -2.32. The normalized spacial score (nSPS) is 22.6. The first kappa shape index (κ1) is 22.4. The van der Waals surface area contributed by atoms with Crippen molar-refractivity contribution in [3.8, 4) is 0 Å². The number of rotatable bonds is 4. The van der Waals surface area contributed by atoms with Gasteiger partial charge in [-0.3, -0.25) is 10.1 Å². The number of carbonyl (C=O) groups excluding carboxylic acids is 2. The monoisotopic (exact) mass is 438 g/mol. The van der Waals surface area contributed by atoms with E-state index in [0.29, 0.717) is 24.2 Å². The summed E-state index contributed by atoms with van der Waals surface area (Å²) >= 11 is 1.16. The summed E-state index contributed by atoms with van der Waals surface area (Å²) in [5.41, 5.74) is 4.40. The van der Waals surface area contributed by atoms with E-state index in [0.717, 1.165) is 11.3 Å². The van der Waals surface area contributed by atoms with Crippen LogP contribution in [0.15, 0.2) is 6.07 Å². The Hall–Kier alpha value is -2.31. The summed E-state index contributed by atoms with van der Waals surface area (Å²) in [6.45, 7) is 8.36. The Morgan fingerprint density at radius 2 is 1.90 bits per heavy atom. The van der Waals surface area contributed by atoms with Gasteiger partial charge in [0.05, 0.1) is 16.8 Å². The smallest absolute Gasteiger partial charge is 0.465 e. The van der Waals surface area contributed by atoms with Gasteiger partial charge in [-0.25, -0.2) is 9.59 Å². The molecule has 164 valence electrons. The number of primary amides is 1. The zero-order chi connectivity index (χ0) is 22.3. The maximum absolute atomic E-state index is 12.9. The molecule has 3 heterocycles. The number of piperidine rings is 1. The van der Waals surface area contributed by atoms with E-state index < -0.39 is 36.4 Å². The Bertz CT molecular complexity index is 842. The molecule has 12 heteroatoms. The largest absolute Gasteiger partial charge is 0.505 e. The average molecular weight is 438 g/mol. The molecule has 5 N–H and O–H groups in total. The predicted molar refractivity (Wildman–Crippen MR) is 113 cm³/mol. The fraction of sp³-hybridized carbons (Fsp3) is 0.611. The number of hydrogen-bond donors (Lipinski definition) is 4. The van der Waals surface area contributed by atoms with E-state index in [-0.39, 0.29) is 23.2 Å². The molecule has 4 amide bonds. The van der Waals surface area contributed by atoms with Crippen LogP contribution in [0.25, 0.3) is 0 Å². The van der Waals surface area contributed by atoms with E-state index in [1.54, 1.807) is 6.07 Å². The van der Waals surface area contributed by atoms with Gasteiger partial charge in [0, 0.05) is 23.9 Å². The summed E-state index contributed by atoms with van der Waals surface area (Å²) in [6.07, 6.45) is 0.318. The number of likely N-dealkylation sites (tertiary alicyclic amines) is 1. The van der Waals surface area contributed by atoms with Gasteiger partial charge in [-0.2, -0.15) is 0 Å². The second-order valence-corrected chi connectivity index (χ2v) is 9.59. The topological polar surface area (TPSA) is 143 Å². The minimum Gasteiger partial charge on any atom is -0.465 e. The van der Waals surface area contributed by atoms with Crippen molar-refractivity contribution >= 4 is 46.3 Å². The molecule has 30 heavy (non-hydrogen) atoms. The van der Waals surface area contributed by atoms with Crippen LogP contribution in [0.5, 0.6) is 0 Å². The Morgan fingerprint density at radius 1 is 1.27 bits per heavy atom. The Kier molecular flexibility index (Phi) is 6.03. The maximum Gasteiger partial charge on any atom is 0.505 e. The zero-order valence-corrected chi connectivity index (χ0v) is 18.3. The quantitative estimate of drug-likeness (QED) is 0.524. The number of nitrogens with two attached hydrogens (primary N) is 1. The third-order valence-electron chi connectivity index (χ3n) is 5.75. The lowest BCUT2D eigenvalue weighted by atomic mass is 9.87. The number of carboxylic acid groups (broad SMARTS) is 1. The van der Waals surface area contributed by atoms with Gasteiger partial charge in [0.25, 0.3) is 5.91 Å². The molecule has 10 nitrogen and oxygen atoms in total. The molecule has 0 radical (unpaired) electrons. The van der Waals surface area contributed by atoms with Gasteiger partial charge < -0.3 is 30.4 Å². The molecule has 3 rings (SSSR count). The fourth-order valence-electron chi connectivity index (χ4n) is 3.39. The average Bonchev–Trinajstić information content (AvgIpc) is 3.12. The van der Waals surface area contributed by atoms with Crippen molar-refractivity contribution in [3.63, 3.8) is 0 Å². The van der Waals surface area contributed by atoms with Crippen LogP contribution in [-0.4, -0.2) is 65.5 Å². The van der Waals surface area contributed by atoms with Crippen LogP contribution in [0.2, 0.25) is 0 Å². The van der Waals surface area contributed by atoms with E-state index in [9.17, 15) is 19.5 Å². The Balaban J connectivity index is 1.80. The molecule has 2 aliphatic heterocycles. The SMILES string of the molecule is CC1(C)OB(c2cc(C(=O)N[C@H]3CCCN(C(=O)O)C3)c(NC(N)=O)s2)OC1(C)C. The van der Waals surface area contributed by atoms with Crippen LogP contribution in [0, 0.1) is 0 Å². The summed E-state index contributed by atoms with van der Waals surface area (Å²) in [6, 6.07) is 0.510. The van der Waals surface area contributed by atoms with Crippen molar-refractivity contribution in [2.45, 2.75) is 57.8 Å². The summed E-state index contributed by atoms with van der Waals surface area (Å²) in [5, 5.41) is 14.8. The molecule has 2 fully saturated rings. The molecule has 1 aromatic rings. The number of hydrogen-bond acceptors (Lipinski definition) is 6.